The van der Waals surface area contributed by atoms with E-state index in [9.17, 15) is 0 Å². The van der Waals surface area contributed by atoms with E-state index in [1.807, 2.05) is 18.7 Å². The highest BCUT2D eigenvalue weighted by Crippen LogP contribution is 2.14. The number of hydrogen-bond donors (Lipinski definition) is 0. The van der Waals surface area contributed by atoms with Crippen LogP contribution >= 0.6 is 11.6 Å². The molecule has 0 aliphatic heterocycles. The van der Waals surface area contributed by atoms with Crippen molar-refractivity contribution >= 4 is 17.5 Å². The largest absolute Gasteiger partial charge is 0.340 e. The van der Waals surface area contributed by atoms with Crippen molar-refractivity contribution in [2.75, 3.05) is 18.0 Å². The van der Waals surface area contributed by atoms with Gasteiger partial charge in [0.1, 0.15) is 0 Å². The van der Waals surface area contributed by atoms with Gasteiger partial charge in [0, 0.05) is 25.5 Å². The van der Waals surface area contributed by atoms with Crippen molar-refractivity contribution < 1.29 is 0 Å². The van der Waals surface area contributed by atoms with Gasteiger partial charge >= 0.3 is 0 Å². The van der Waals surface area contributed by atoms with Crippen molar-refractivity contribution in [2.45, 2.75) is 13.8 Å². The van der Waals surface area contributed by atoms with Crippen LogP contribution in [0.1, 0.15) is 13.8 Å². The lowest BCUT2D eigenvalue weighted by Gasteiger charge is -2.21. The minimum absolute atomic E-state index is 0.101. The highest BCUT2D eigenvalue weighted by Gasteiger charge is 2.15. The fourth-order valence-electron chi connectivity index (χ4n) is 1.68. The quantitative estimate of drug-likeness (QED) is 0.833. The highest BCUT2D eigenvalue weighted by atomic mass is 35.5. The van der Waals surface area contributed by atoms with Crippen LogP contribution in [0.4, 0.5) is 5.95 Å². The second kappa shape index (κ2) is 6.30. The summed E-state index contributed by atoms with van der Waals surface area (Å²) in [5.41, 5.74) is 0. The Bertz CT molecular complexity index is 605. The lowest BCUT2D eigenvalue weighted by molar-refractivity contribution is 0.664. The second-order valence-corrected chi connectivity index (χ2v) is 4.56. The molecule has 104 valence electrons. The van der Waals surface area contributed by atoms with Crippen molar-refractivity contribution in [3.8, 4) is 12.0 Å². The molecule has 0 saturated carbocycles. The third-order valence-corrected chi connectivity index (χ3v) is 2.84. The molecule has 8 heteroatoms. The molecule has 0 N–H and O–H groups in total. The van der Waals surface area contributed by atoms with Gasteiger partial charge in [0.25, 0.3) is 5.95 Å². The smallest absolute Gasteiger partial charge is 0.256 e. The molecular formula is C12H14ClN7. The van der Waals surface area contributed by atoms with Crippen LogP contribution in [0.5, 0.6) is 0 Å². The van der Waals surface area contributed by atoms with E-state index in [1.54, 1.807) is 18.5 Å². The zero-order chi connectivity index (χ0) is 14.5. The fraction of sp³-hybridized carbons (Fsp3) is 0.417. The third kappa shape index (κ3) is 3.22. The predicted octanol–water partition coefficient (Wildman–Crippen LogP) is 1.70. The zero-order valence-electron chi connectivity index (χ0n) is 11.2. The summed E-state index contributed by atoms with van der Waals surface area (Å²) in [7, 11) is 0. The van der Waals surface area contributed by atoms with E-state index in [1.165, 1.54) is 4.68 Å². The van der Waals surface area contributed by atoms with E-state index in [2.05, 4.69) is 26.1 Å². The van der Waals surface area contributed by atoms with E-state index < -0.39 is 0 Å². The fourth-order valence-corrected chi connectivity index (χ4v) is 1.84. The molecule has 0 aliphatic rings. The molecule has 7 nitrogen and oxygen atoms in total. The summed E-state index contributed by atoms with van der Waals surface area (Å²) in [5.74, 6) is 0.673. The van der Waals surface area contributed by atoms with Gasteiger partial charge in [-0.05, 0) is 31.5 Å². The molecule has 0 fully saturated rings. The minimum atomic E-state index is -0.126. The van der Waals surface area contributed by atoms with Crippen LogP contribution < -0.4 is 4.90 Å². The molecule has 0 bridgehead atoms. The Morgan fingerprint density at radius 2 is 2.25 bits per heavy atom. The lowest BCUT2D eigenvalue weighted by Crippen LogP contribution is -2.30. The first kappa shape index (κ1) is 14.2. The summed E-state index contributed by atoms with van der Waals surface area (Å²) in [6, 6.07) is 3.96. The number of aromatic nitrogens is 5. The van der Waals surface area contributed by atoms with Gasteiger partial charge in [0.2, 0.25) is 11.2 Å². The van der Waals surface area contributed by atoms with Crippen LogP contribution in [0.3, 0.4) is 0 Å². The van der Waals surface area contributed by atoms with Gasteiger partial charge in [-0.1, -0.05) is 0 Å². The van der Waals surface area contributed by atoms with Crippen LogP contribution in [0.2, 0.25) is 5.28 Å². The normalized spacial score (nSPS) is 11.9. The summed E-state index contributed by atoms with van der Waals surface area (Å²) < 4.78 is 1.51. The number of rotatable bonds is 5. The molecule has 2 rings (SSSR count). The van der Waals surface area contributed by atoms with Crippen molar-refractivity contribution in [1.82, 2.24) is 24.7 Å². The average molecular weight is 292 g/mol. The Morgan fingerprint density at radius 1 is 1.45 bits per heavy atom. The van der Waals surface area contributed by atoms with Gasteiger partial charge in [0.15, 0.2) is 0 Å². The van der Waals surface area contributed by atoms with E-state index in [0.29, 0.717) is 25.0 Å². The minimum Gasteiger partial charge on any atom is -0.340 e. The SMILES string of the molecule is CCN(CC(C)C#N)c1nc(Cl)nc(-n2cccn2)n1. The Morgan fingerprint density at radius 3 is 2.85 bits per heavy atom. The van der Waals surface area contributed by atoms with E-state index in [4.69, 9.17) is 16.9 Å². The van der Waals surface area contributed by atoms with Gasteiger partial charge in [-0.2, -0.15) is 25.3 Å². The second-order valence-electron chi connectivity index (χ2n) is 4.22. The number of hydrogen-bond acceptors (Lipinski definition) is 6. The molecule has 2 aromatic rings. The molecule has 0 radical (unpaired) electrons. The van der Waals surface area contributed by atoms with Crippen molar-refractivity contribution in [2.24, 2.45) is 5.92 Å². The van der Waals surface area contributed by atoms with Gasteiger partial charge in [-0.25, -0.2) is 4.68 Å². The Balaban J connectivity index is 2.34. The van der Waals surface area contributed by atoms with E-state index >= 15 is 0 Å². The standard InChI is InChI=1S/C12H14ClN7/c1-3-19(8-9(2)7-14)11-16-10(13)17-12(18-11)20-6-4-5-15-20/h4-6,9H,3,8H2,1-2H3. The highest BCUT2D eigenvalue weighted by molar-refractivity contribution is 6.28. The summed E-state index contributed by atoms with van der Waals surface area (Å²) in [6.07, 6.45) is 3.36. The summed E-state index contributed by atoms with van der Waals surface area (Å²) in [6.45, 7) is 5.02. The molecule has 2 heterocycles. The molecule has 0 spiro atoms. The van der Waals surface area contributed by atoms with Crippen LogP contribution in [0.25, 0.3) is 5.95 Å². The number of halogens is 1. The summed E-state index contributed by atoms with van der Waals surface area (Å²) >= 11 is 5.94. The van der Waals surface area contributed by atoms with E-state index in [-0.39, 0.29) is 11.2 Å². The summed E-state index contributed by atoms with van der Waals surface area (Å²) in [4.78, 5) is 14.4. The number of anilines is 1. The van der Waals surface area contributed by atoms with Crippen LogP contribution in [-0.2, 0) is 0 Å². The Kier molecular flexibility index (Phi) is 4.48. The topological polar surface area (TPSA) is 83.5 Å². The molecule has 2 aromatic heterocycles. The van der Waals surface area contributed by atoms with Gasteiger partial charge in [-0.15, -0.1) is 0 Å². The lowest BCUT2D eigenvalue weighted by atomic mass is 10.2. The first-order valence-electron chi connectivity index (χ1n) is 6.20. The maximum absolute atomic E-state index is 8.92. The van der Waals surface area contributed by atoms with E-state index in [0.717, 1.165) is 0 Å². The molecule has 0 amide bonds. The molecule has 0 aliphatic carbocycles. The van der Waals surface area contributed by atoms with Crippen molar-refractivity contribution in [3.63, 3.8) is 0 Å². The zero-order valence-corrected chi connectivity index (χ0v) is 12.0. The maximum atomic E-state index is 8.92. The monoisotopic (exact) mass is 291 g/mol. The predicted molar refractivity (Wildman–Crippen MR) is 74.6 cm³/mol. The summed E-state index contributed by atoms with van der Waals surface area (Å²) in [5, 5.41) is 13.1. The van der Waals surface area contributed by atoms with Crippen LogP contribution in [0.15, 0.2) is 18.5 Å². The molecule has 1 atom stereocenters. The number of nitriles is 1. The van der Waals surface area contributed by atoms with Crippen LogP contribution in [0, 0.1) is 17.2 Å². The van der Waals surface area contributed by atoms with Gasteiger partial charge < -0.3 is 4.90 Å². The van der Waals surface area contributed by atoms with Gasteiger partial charge in [0.05, 0.1) is 12.0 Å². The molecule has 0 aromatic carbocycles. The first-order valence-corrected chi connectivity index (χ1v) is 6.58. The van der Waals surface area contributed by atoms with Crippen molar-refractivity contribution in [3.05, 3.63) is 23.7 Å². The molecule has 20 heavy (non-hydrogen) atoms. The Labute approximate surface area is 121 Å². The molecule has 0 saturated heterocycles. The van der Waals surface area contributed by atoms with Crippen LogP contribution in [-0.4, -0.2) is 37.8 Å². The third-order valence-electron chi connectivity index (χ3n) is 2.67. The number of nitrogens with zero attached hydrogens (tertiary/aromatic N) is 7. The Hall–Kier alpha value is -2.20. The first-order chi connectivity index (χ1) is 9.63. The average Bonchev–Trinajstić information content (AvgIpc) is 2.97. The van der Waals surface area contributed by atoms with Gasteiger partial charge in [-0.3, -0.25) is 0 Å². The van der Waals surface area contributed by atoms with Crippen molar-refractivity contribution in [1.29, 1.82) is 5.26 Å². The molecule has 1 unspecified atom stereocenters. The molecular weight excluding hydrogens is 278 g/mol. The maximum Gasteiger partial charge on any atom is 0.256 e.